The predicted octanol–water partition coefficient (Wildman–Crippen LogP) is 20.8. The van der Waals surface area contributed by atoms with Crippen molar-refractivity contribution in [3.05, 3.63) is 122 Å². The number of carbonyl (C=O) groups excluding carboxylic acids is 3. The lowest BCUT2D eigenvalue weighted by Crippen LogP contribution is -2.30. The molecule has 6 heteroatoms. The molecule has 0 bridgehead atoms. The normalized spacial score (nSPS) is 13.0. The van der Waals surface area contributed by atoms with Gasteiger partial charge in [0.25, 0.3) is 0 Å². The zero-order valence-corrected chi connectivity index (χ0v) is 48.1. The van der Waals surface area contributed by atoms with Crippen LogP contribution in [-0.2, 0) is 28.6 Å². The second kappa shape index (κ2) is 61.4. The molecular formula is C68H112O6. The molecule has 6 nitrogen and oxygen atoms in total. The van der Waals surface area contributed by atoms with Gasteiger partial charge in [0.15, 0.2) is 6.10 Å². The van der Waals surface area contributed by atoms with Crippen molar-refractivity contribution < 1.29 is 28.6 Å². The molecule has 0 saturated carbocycles. The number of allylic oxidation sites excluding steroid dienone is 20. The number of hydrogen-bond acceptors (Lipinski definition) is 6. The average Bonchev–Trinajstić information content (AvgIpc) is 3.40. The molecule has 0 aromatic rings. The van der Waals surface area contributed by atoms with Gasteiger partial charge < -0.3 is 14.2 Å². The second-order valence-corrected chi connectivity index (χ2v) is 19.9. The first kappa shape index (κ1) is 69.8. The monoisotopic (exact) mass is 1020 g/mol. The van der Waals surface area contributed by atoms with E-state index in [1.165, 1.54) is 83.5 Å². The van der Waals surface area contributed by atoms with Crippen LogP contribution in [0.4, 0.5) is 0 Å². The van der Waals surface area contributed by atoms with E-state index in [0.717, 1.165) is 148 Å². The Balaban J connectivity index is 4.49. The highest BCUT2D eigenvalue weighted by Crippen LogP contribution is 2.15. The van der Waals surface area contributed by atoms with Gasteiger partial charge in [-0.2, -0.15) is 0 Å². The van der Waals surface area contributed by atoms with E-state index in [2.05, 4.69) is 142 Å². The molecule has 0 radical (unpaired) electrons. The number of unbranched alkanes of at least 4 members (excludes halogenated alkanes) is 23. The highest BCUT2D eigenvalue weighted by molar-refractivity contribution is 5.71. The highest BCUT2D eigenvalue weighted by Gasteiger charge is 2.19. The molecule has 1 unspecified atom stereocenters. The topological polar surface area (TPSA) is 78.9 Å². The average molecular weight is 1030 g/mol. The molecule has 0 aliphatic heterocycles. The standard InChI is InChI=1S/C68H112O6/c1-4-7-10-13-16-19-22-25-28-31-33-34-36-37-40-43-46-49-52-55-58-61-67(70)73-64-65(63-72-66(69)60-57-54-51-48-45-42-39-30-27-24-21-18-15-12-9-6-3)74-68(71)62-59-56-53-50-47-44-41-38-35-32-29-26-23-20-17-14-11-8-5-2/h7-8,10-11,16-17,19-20,25-26,28-29,33-35,37-38,40,44,47,65H,4-6,9,12-15,18,21-24,27,30-32,36,39,41-43,45-46,48-64H2,1-3H3/b10-7-,11-8-,19-16-,20-17-,28-25-,29-26-,34-33-,38-35-,40-37-,47-44-. The van der Waals surface area contributed by atoms with E-state index in [-0.39, 0.29) is 37.5 Å². The van der Waals surface area contributed by atoms with Gasteiger partial charge in [-0.1, -0.05) is 264 Å². The first-order valence-corrected chi connectivity index (χ1v) is 30.5. The van der Waals surface area contributed by atoms with Crippen molar-refractivity contribution in [2.45, 2.75) is 277 Å². The van der Waals surface area contributed by atoms with E-state index in [1.807, 2.05) is 0 Å². The van der Waals surface area contributed by atoms with Crippen LogP contribution in [0.3, 0.4) is 0 Å². The van der Waals surface area contributed by atoms with Crippen molar-refractivity contribution in [3.63, 3.8) is 0 Å². The zero-order chi connectivity index (χ0) is 53.6. The molecule has 420 valence electrons. The fourth-order valence-corrected chi connectivity index (χ4v) is 8.20. The van der Waals surface area contributed by atoms with Gasteiger partial charge in [-0.05, 0) is 109 Å². The van der Waals surface area contributed by atoms with Crippen molar-refractivity contribution in [2.75, 3.05) is 13.2 Å². The third-order valence-corrected chi connectivity index (χ3v) is 12.7. The van der Waals surface area contributed by atoms with Gasteiger partial charge in [0.05, 0.1) is 0 Å². The van der Waals surface area contributed by atoms with E-state index >= 15 is 0 Å². The summed E-state index contributed by atoms with van der Waals surface area (Å²) >= 11 is 0. The van der Waals surface area contributed by atoms with Crippen LogP contribution in [0.5, 0.6) is 0 Å². The smallest absolute Gasteiger partial charge is 0.306 e. The van der Waals surface area contributed by atoms with Crippen molar-refractivity contribution in [2.24, 2.45) is 0 Å². The Morgan fingerprint density at radius 1 is 0.284 bits per heavy atom. The van der Waals surface area contributed by atoms with Crippen molar-refractivity contribution >= 4 is 17.9 Å². The quantitative estimate of drug-likeness (QED) is 0.0261. The maximum Gasteiger partial charge on any atom is 0.306 e. The number of esters is 3. The molecule has 0 N–H and O–H groups in total. The van der Waals surface area contributed by atoms with E-state index < -0.39 is 6.10 Å². The summed E-state index contributed by atoms with van der Waals surface area (Å²) in [4.78, 5) is 38.3. The molecule has 0 aliphatic rings. The van der Waals surface area contributed by atoms with Crippen LogP contribution in [0.2, 0.25) is 0 Å². The first-order chi connectivity index (χ1) is 36.5. The Morgan fingerprint density at radius 3 is 0.838 bits per heavy atom. The summed E-state index contributed by atoms with van der Waals surface area (Å²) in [5.74, 6) is -0.946. The third kappa shape index (κ3) is 58.7. The van der Waals surface area contributed by atoms with E-state index in [1.54, 1.807) is 0 Å². The van der Waals surface area contributed by atoms with Crippen molar-refractivity contribution in [3.8, 4) is 0 Å². The summed E-state index contributed by atoms with van der Waals surface area (Å²) in [6, 6.07) is 0. The number of carbonyl (C=O) groups is 3. The molecule has 0 heterocycles. The van der Waals surface area contributed by atoms with Gasteiger partial charge in [-0.15, -0.1) is 0 Å². The Bertz CT molecular complexity index is 1550. The Labute approximate surface area is 456 Å². The number of rotatable bonds is 54. The largest absolute Gasteiger partial charge is 0.462 e. The molecule has 74 heavy (non-hydrogen) atoms. The lowest BCUT2D eigenvalue weighted by atomic mass is 10.0. The zero-order valence-electron chi connectivity index (χ0n) is 48.1. The summed E-state index contributed by atoms with van der Waals surface area (Å²) in [6.07, 6.45) is 84.7. The van der Waals surface area contributed by atoms with Crippen LogP contribution >= 0.6 is 0 Å². The molecule has 0 rings (SSSR count). The Morgan fingerprint density at radius 2 is 0.527 bits per heavy atom. The van der Waals surface area contributed by atoms with Crippen LogP contribution in [0.1, 0.15) is 271 Å². The minimum absolute atomic E-state index is 0.0985. The van der Waals surface area contributed by atoms with Gasteiger partial charge in [-0.3, -0.25) is 14.4 Å². The summed E-state index contributed by atoms with van der Waals surface area (Å²) < 4.78 is 16.9. The van der Waals surface area contributed by atoms with Crippen LogP contribution in [-0.4, -0.2) is 37.2 Å². The molecule has 0 amide bonds. The predicted molar refractivity (Wildman–Crippen MR) is 320 cm³/mol. The maximum atomic E-state index is 12.9. The number of hydrogen-bond donors (Lipinski definition) is 0. The number of ether oxygens (including phenoxy) is 3. The first-order valence-electron chi connectivity index (χ1n) is 30.5. The molecule has 0 aromatic carbocycles. The third-order valence-electron chi connectivity index (χ3n) is 12.7. The Hall–Kier alpha value is -4.19. The molecule has 0 fully saturated rings. The van der Waals surface area contributed by atoms with Gasteiger partial charge in [-0.25, -0.2) is 0 Å². The van der Waals surface area contributed by atoms with E-state index in [0.29, 0.717) is 12.8 Å². The Kier molecular flexibility index (Phi) is 57.9. The molecular weight excluding hydrogens is 913 g/mol. The van der Waals surface area contributed by atoms with Crippen LogP contribution < -0.4 is 0 Å². The highest BCUT2D eigenvalue weighted by atomic mass is 16.6. The van der Waals surface area contributed by atoms with Crippen molar-refractivity contribution in [1.82, 2.24) is 0 Å². The molecule has 0 aromatic heterocycles. The molecule has 0 saturated heterocycles. The van der Waals surface area contributed by atoms with E-state index in [9.17, 15) is 14.4 Å². The second-order valence-electron chi connectivity index (χ2n) is 19.9. The fraction of sp³-hybridized carbons (Fsp3) is 0.662. The van der Waals surface area contributed by atoms with Gasteiger partial charge >= 0.3 is 17.9 Å². The summed E-state index contributed by atoms with van der Waals surface area (Å²) in [5.41, 5.74) is 0. The van der Waals surface area contributed by atoms with Crippen LogP contribution in [0.25, 0.3) is 0 Å². The van der Waals surface area contributed by atoms with Crippen molar-refractivity contribution in [1.29, 1.82) is 0 Å². The molecule has 1 atom stereocenters. The lowest BCUT2D eigenvalue weighted by Gasteiger charge is -2.18. The fourth-order valence-electron chi connectivity index (χ4n) is 8.20. The molecule has 0 spiro atoms. The van der Waals surface area contributed by atoms with Crippen LogP contribution in [0.15, 0.2) is 122 Å². The van der Waals surface area contributed by atoms with Gasteiger partial charge in [0.1, 0.15) is 13.2 Å². The van der Waals surface area contributed by atoms with Gasteiger partial charge in [0.2, 0.25) is 0 Å². The van der Waals surface area contributed by atoms with E-state index in [4.69, 9.17) is 14.2 Å². The maximum absolute atomic E-state index is 12.9. The summed E-state index contributed by atoms with van der Waals surface area (Å²) in [7, 11) is 0. The lowest BCUT2D eigenvalue weighted by molar-refractivity contribution is -0.167. The SMILES string of the molecule is CC/C=C\C/C=C\C/C=C\C/C=C\C/C=C\CCCCCCCC(=O)OCC(COC(=O)CCCCCCCCCCCCCCCCCC)OC(=O)CCCCC/C=C\C/C=C\C/C=C\C/C=C\C/C=C\CC. The minimum atomic E-state index is -0.807. The summed E-state index contributed by atoms with van der Waals surface area (Å²) in [5, 5.41) is 0. The minimum Gasteiger partial charge on any atom is -0.462 e. The molecule has 0 aliphatic carbocycles. The van der Waals surface area contributed by atoms with Crippen LogP contribution in [0, 0.1) is 0 Å². The summed E-state index contributed by atoms with van der Waals surface area (Å²) in [6.45, 7) is 6.38. The van der Waals surface area contributed by atoms with Gasteiger partial charge in [0, 0.05) is 19.3 Å².